The molecule has 15 aliphatic rings. The number of rotatable bonds is 21. The quantitative estimate of drug-likeness (QED) is 0.0836. The summed E-state index contributed by atoms with van der Waals surface area (Å²) >= 11 is 28.1. The minimum absolute atomic E-state index is 0.00533. The minimum atomic E-state index is -0.508. The van der Waals surface area contributed by atoms with Gasteiger partial charge in [0.05, 0.1) is 133 Å². The summed E-state index contributed by atoms with van der Waals surface area (Å²) in [5, 5.41) is 64.8. The normalized spacial score (nSPS) is 34.0. The molecule has 10 unspecified atom stereocenters. The molecular weight excluding hydrogens is 1650 g/mol. The van der Waals surface area contributed by atoms with E-state index in [0.29, 0.717) is 59.0 Å². The highest BCUT2D eigenvalue weighted by molar-refractivity contribution is 9.14. The molecule has 0 radical (unpaired) electrons. The zero-order chi connectivity index (χ0) is 78.0. The Morgan fingerprint density at radius 2 is 0.773 bits per heavy atom. The molecule has 0 saturated carbocycles. The van der Waals surface area contributed by atoms with Crippen LogP contribution in [0.1, 0.15) is 69.8 Å². The second-order valence-corrected chi connectivity index (χ2v) is 37.1. The topological polar surface area (TPSA) is 410 Å². The van der Waals surface area contributed by atoms with Gasteiger partial charge in [0.25, 0.3) is 0 Å². The van der Waals surface area contributed by atoms with Gasteiger partial charge in [-0.2, -0.15) is 0 Å². The van der Waals surface area contributed by atoms with Gasteiger partial charge in [-0.25, -0.2) is 0 Å². The predicted octanol–water partition coefficient (Wildman–Crippen LogP) is 1.63. The number of ketones is 5. The molecule has 1 aromatic rings. The third-order valence-electron chi connectivity index (χ3n) is 20.5. The van der Waals surface area contributed by atoms with Gasteiger partial charge in [-0.15, -0.1) is 35.3 Å². The van der Waals surface area contributed by atoms with Crippen LogP contribution in [0.25, 0.3) is 4.91 Å². The van der Waals surface area contributed by atoms with Crippen molar-refractivity contribution in [2.24, 2.45) is 25.0 Å². The number of aliphatic hydroxyl groups is 5. The molecule has 5 amide bonds. The molecule has 5 saturated heterocycles. The van der Waals surface area contributed by atoms with Gasteiger partial charge in [-0.1, -0.05) is 94.7 Å². The summed E-state index contributed by atoms with van der Waals surface area (Å²) in [5.41, 5.74) is 1.08. The van der Waals surface area contributed by atoms with E-state index >= 15 is 0 Å². The van der Waals surface area contributed by atoms with Crippen LogP contribution in [0, 0.1) is 0 Å². The summed E-state index contributed by atoms with van der Waals surface area (Å²) in [6.45, 7) is 3.61. The first-order valence-corrected chi connectivity index (χ1v) is 42.6. The van der Waals surface area contributed by atoms with Crippen molar-refractivity contribution in [1.29, 1.82) is 0 Å². The number of Topliss-reactive ketones (excluding diaryl/α,β-unsaturated/α-hetero) is 5. The van der Waals surface area contributed by atoms with E-state index in [9.17, 15) is 73.5 Å². The average molecular weight is 1740 g/mol. The van der Waals surface area contributed by atoms with Crippen LogP contribution in [-0.4, -0.2) is 323 Å². The van der Waals surface area contributed by atoms with Crippen LogP contribution in [0.2, 0.25) is 0 Å². The van der Waals surface area contributed by atoms with E-state index < -0.39 is 41.8 Å². The molecular formula is C71H85BrCl3N15O15S5. The molecule has 0 spiro atoms. The predicted molar refractivity (Wildman–Crippen MR) is 430 cm³/mol. The number of halogens is 4. The molecule has 30 nitrogen and oxygen atoms in total. The third kappa shape index (κ3) is 21.2. The zero-order valence-electron chi connectivity index (χ0n) is 59.2. The summed E-state index contributed by atoms with van der Waals surface area (Å²) in [4.78, 5) is 152. The fraction of sp³-hybridized carbons (Fsp3) is 0.563. The first-order valence-electron chi connectivity index (χ1n) is 36.2. The lowest BCUT2D eigenvalue weighted by Gasteiger charge is -2.28. The van der Waals surface area contributed by atoms with Crippen LogP contribution in [-0.2, 0) is 47.9 Å². The summed E-state index contributed by atoms with van der Waals surface area (Å²) in [7, 11) is 0. The largest absolute Gasteiger partial charge is 0.391 e. The van der Waals surface area contributed by atoms with Gasteiger partial charge in [0, 0.05) is 71.0 Å². The Kier molecular flexibility index (Phi) is 29.7. The van der Waals surface area contributed by atoms with Gasteiger partial charge >= 0.3 is 0 Å². The molecule has 15 aliphatic heterocycles. The van der Waals surface area contributed by atoms with Crippen LogP contribution < -0.4 is 26.6 Å². The molecule has 16 rings (SSSR count). The number of carbonyl (C=O) groups excluding carboxylic acids is 10. The number of benzene rings is 1. The number of carbonyl (C=O) groups is 10. The van der Waals surface area contributed by atoms with Crippen LogP contribution in [0.4, 0.5) is 0 Å². The van der Waals surface area contributed by atoms with Gasteiger partial charge in [-0.05, 0) is 110 Å². The van der Waals surface area contributed by atoms with E-state index in [1.54, 1.807) is 6.08 Å². The molecule has 0 bridgehead atoms. The molecule has 0 aliphatic carbocycles. The molecule has 592 valence electrons. The average Bonchev–Trinajstić information content (AvgIpc) is 1.64. The Bertz CT molecular complexity index is 3920. The van der Waals surface area contributed by atoms with Crippen molar-refractivity contribution in [2.75, 3.05) is 65.4 Å². The number of hydrogen-bond acceptors (Lipinski definition) is 30. The van der Waals surface area contributed by atoms with Gasteiger partial charge < -0.3 is 52.1 Å². The molecule has 5 fully saturated rings. The van der Waals surface area contributed by atoms with Gasteiger partial charge in [-0.3, -0.25) is 97.4 Å². The van der Waals surface area contributed by atoms with Crippen molar-refractivity contribution in [1.82, 2.24) is 51.1 Å². The number of thioether (sulfide) groups is 5. The smallest absolute Gasteiger partial charge is 0.244 e. The molecule has 15 heterocycles. The van der Waals surface area contributed by atoms with Crippen LogP contribution in [0.3, 0.4) is 0 Å². The Morgan fingerprint density at radius 3 is 1.17 bits per heavy atom. The molecule has 0 aromatic heterocycles. The van der Waals surface area contributed by atoms with Crippen molar-refractivity contribution in [3.63, 3.8) is 0 Å². The summed E-state index contributed by atoms with van der Waals surface area (Å²) in [5.74, 6) is -0.983. The minimum Gasteiger partial charge on any atom is -0.391 e. The van der Waals surface area contributed by atoms with Crippen LogP contribution in [0.5, 0.6) is 0 Å². The maximum absolute atomic E-state index is 12.8. The SMILES string of the molecule is O=C(C[C@H]1NCC[C@@H]1O)CN1C=NC2C(Cl)=C(Cl)SC2C1=O.O=C(C[C@H]1NCC[C@@H]1O)CN1C=NC2C=C(Br)SC2C1=O.O=C(C[C@H]1NCC[C@@H]1O)CN1C=NC2C=C(Cl)SC2C1=O.O=C(C[C@H]1NCC[C@@H]1O)CN1C=NC2C=C(c3ccccc3)SC2C1=O.O=C(C[C@H]1NCC[C@@H]1O)CN1C=NC2C=CSC2C1=O. The Morgan fingerprint density at radius 1 is 0.427 bits per heavy atom. The number of fused-ring (bicyclic) bond motifs is 5. The summed E-state index contributed by atoms with van der Waals surface area (Å²) in [6, 6.07) is 7.85. The number of nitrogens with zero attached hydrogens (tertiary/aromatic N) is 10. The lowest BCUT2D eigenvalue weighted by molar-refractivity contribution is -0.131. The maximum atomic E-state index is 12.8. The molecule has 1 aromatic carbocycles. The maximum Gasteiger partial charge on any atom is 0.244 e. The third-order valence-corrected chi connectivity index (χ3v) is 28.6. The van der Waals surface area contributed by atoms with E-state index in [1.807, 2.05) is 54.0 Å². The van der Waals surface area contributed by atoms with E-state index in [4.69, 9.17) is 34.8 Å². The van der Waals surface area contributed by atoms with Crippen LogP contribution in [0.15, 0.2) is 103 Å². The Balaban J connectivity index is 0.000000128. The van der Waals surface area contributed by atoms with Crippen molar-refractivity contribution in [3.8, 4) is 0 Å². The van der Waals surface area contributed by atoms with Crippen molar-refractivity contribution in [3.05, 3.63) is 83.2 Å². The van der Waals surface area contributed by atoms with E-state index in [0.717, 1.165) is 33.9 Å². The first-order chi connectivity index (χ1) is 52.8. The lowest BCUT2D eigenvalue weighted by atomic mass is 10.1. The monoisotopic (exact) mass is 1730 g/mol. The highest BCUT2D eigenvalue weighted by Crippen LogP contribution is 2.47. The fourth-order valence-electron chi connectivity index (χ4n) is 14.4. The number of hydrogen-bond donors (Lipinski definition) is 10. The summed E-state index contributed by atoms with van der Waals surface area (Å²) in [6.07, 6.45) is 16.8. The lowest BCUT2D eigenvalue weighted by Crippen LogP contribution is -2.47. The Labute approximate surface area is 679 Å². The molecule has 20 atom stereocenters. The van der Waals surface area contributed by atoms with Gasteiger partial charge in [0.15, 0.2) is 28.9 Å². The highest BCUT2D eigenvalue weighted by atomic mass is 79.9. The molecule has 110 heavy (non-hydrogen) atoms. The second kappa shape index (κ2) is 38.9. The van der Waals surface area contributed by atoms with Crippen molar-refractivity contribution in [2.45, 2.75) is 181 Å². The number of aliphatic imine (C=N–C) groups is 5. The van der Waals surface area contributed by atoms with Gasteiger partial charge in [0.2, 0.25) is 29.5 Å². The number of amides is 5. The molecule has 10 N–H and O–H groups in total. The van der Waals surface area contributed by atoms with E-state index in [1.165, 1.54) is 115 Å². The van der Waals surface area contributed by atoms with Crippen molar-refractivity contribution < 1.29 is 73.5 Å². The number of nitrogens with one attached hydrogen (secondary N) is 5. The Hall–Kier alpha value is -5.33. The van der Waals surface area contributed by atoms with Crippen molar-refractivity contribution >= 4 is 205 Å². The standard InChI is InChI=1S/C19H21N3O3S.C13H16BrN3O3S.C13H15Cl2N3O3S.C13H16ClN3O3S.C13H17N3O3S/c23-13(8-14-16(24)6-7-20-14)10-22-11-21-15-9-17(26-18(15)19(22)25)12-4-2-1-3-5-12;14-11-4-9-12(21-11)13(20)17(6-16-9)5-7(18)3-8-10(19)1-2-15-8;14-9-10-11(22-12(9)15)13(21)18(5-17-10)4-6(19)3-7-8(20)1-2-16-7;14-11-4-9-12(21-11)13(20)17(6-16-9)5-7(18)3-8-10(19)1-2-15-8;17-8(5-10-11(18)1-3-14-10)6-16-7-15-9-2-4-20-12(9)13(16)19/h1-5,9,11,14-16,18,20,24H,6-8,10H2;4,6,8-10,12,15,19H,1-3,5H2;5,7-8,10-11,16,20H,1-4H2;4,6,8-10,12,15,19H,1-3,5H2;2,4,7,9-12,14,18H,1,3,5-6H2/t14-,15?,16+,18?;8-,9?,10+,12?;7-,8+,10?,11?;8-,9?,10+,12?;9?,10-,11+,12?/m11111/s1. The first kappa shape index (κ1) is 84.1. The zero-order valence-corrected chi connectivity index (χ0v) is 67.1. The molecule has 39 heteroatoms. The second-order valence-electron chi connectivity index (χ2n) is 28.4. The highest BCUT2D eigenvalue weighted by Gasteiger charge is 2.47. The fourth-order valence-corrected chi connectivity index (χ4v) is 21.8. The van der Waals surface area contributed by atoms with E-state index in [-0.39, 0.29) is 199 Å². The van der Waals surface area contributed by atoms with E-state index in [2.05, 4.69) is 67.5 Å². The van der Waals surface area contributed by atoms with Crippen LogP contribution >= 0.6 is 110 Å². The summed E-state index contributed by atoms with van der Waals surface area (Å²) < 4.78 is 1.87. The van der Waals surface area contributed by atoms with Gasteiger partial charge in [0.1, 0.15) is 32.3 Å². The number of aliphatic hydroxyl groups excluding tert-OH is 5.